The van der Waals surface area contributed by atoms with Crippen LogP contribution in [-0.2, 0) is 0 Å². The Labute approximate surface area is 168 Å². The highest BCUT2D eigenvalue weighted by Crippen LogP contribution is 2.42. The minimum Gasteiger partial charge on any atom is -0.495 e. The fraction of sp³-hybridized carbons (Fsp3) is 0.583. The van der Waals surface area contributed by atoms with Crippen molar-refractivity contribution in [3.63, 3.8) is 0 Å². The molecule has 1 aromatic carbocycles. The summed E-state index contributed by atoms with van der Waals surface area (Å²) < 4.78 is 19.7. The Hall–Kier alpha value is -1.28. The maximum absolute atomic E-state index is 14.6. The molecule has 148 valence electrons. The van der Waals surface area contributed by atoms with E-state index in [-0.39, 0.29) is 10.8 Å². The molecule has 1 fully saturated rings. The van der Waals surface area contributed by atoms with E-state index >= 15 is 0 Å². The third-order valence-electron chi connectivity index (χ3n) is 6.41. The van der Waals surface area contributed by atoms with E-state index in [2.05, 4.69) is 25.2 Å². The Kier molecular flexibility index (Phi) is 7.41. The molecule has 0 aliphatic heterocycles. The highest BCUT2D eigenvalue weighted by Gasteiger charge is 2.28. The summed E-state index contributed by atoms with van der Waals surface area (Å²) in [5.74, 6) is 2.43. The van der Waals surface area contributed by atoms with E-state index < -0.39 is 0 Å². The second-order valence-corrected chi connectivity index (χ2v) is 8.48. The first-order chi connectivity index (χ1) is 13.1. The van der Waals surface area contributed by atoms with Gasteiger partial charge in [0, 0.05) is 5.56 Å². The van der Waals surface area contributed by atoms with E-state index in [0.717, 1.165) is 42.6 Å². The number of benzene rings is 1. The van der Waals surface area contributed by atoms with Crippen molar-refractivity contribution < 1.29 is 9.13 Å². The van der Waals surface area contributed by atoms with Crippen molar-refractivity contribution in [2.24, 2.45) is 17.8 Å². The number of hydrogen-bond acceptors (Lipinski definition) is 1. The number of hydrogen-bond donors (Lipinski definition) is 0. The van der Waals surface area contributed by atoms with Crippen LogP contribution >= 0.6 is 11.6 Å². The van der Waals surface area contributed by atoms with Gasteiger partial charge in [0.05, 0.1) is 7.11 Å². The lowest BCUT2D eigenvalue weighted by molar-refractivity contribution is 0.212. The summed E-state index contributed by atoms with van der Waals surface area (Å²) in [7, 11) is 1.51. The van der Waals surface area contributed by atoms with E-state index in [9.17, 15) is 4.39 Å². The SMILES string of the molecule is CCC/C=C/C1CCC(C2CC=C(c3ccc(OC)c(Cl)c3F)CC2)CC1. The van der Waals surface area contributed by atoms with Crippen LogP contribution < -0.4 is 4.74 Å². The third-order valence-corrected chi connectivity index (χ3v) is 6.76. The van der Waals surface area contributed by atoms with Crippen molar-refractivity contribution in [1.29, 1.82) is 0 Å². The number of allylic oxidation sites excluding steroid dienone is 4. The van der Waals surface area contributed by atoms with Crippen LogP contribution in [-0.4, -0.2) is 7.11 Å². The van der Waals surface area contributed by atoms with Crippen LogP contribution in [0.15, 0.2) is 30.4 Å². The molecule has 1 nitrogen and oxygen atoms in total. The average Bonchev–Trinajstić information content (AvgIpc) is 2.71. The molecule has 0 heterocycles. The summed E-state index contributed by atoms with van der Waals surface area (Å²) in [6.45, 7) is 2.23. The molecule has 0 bridgehead atoms. The predicted molar refractivity (Wildman–Crippen MR) is 113 cm³/mol. The minimum absolute atomic E-state index is 0.0903. The summed E-state index contributed by atoms with van der Waals surface area (Å²) in [6.07, 6.45) is 18.1. The lowest BCUT2D eigenvalue weighted by atomic mass is 9.71. The van der Waals surface area contributed by atoms with Crippen LogP contribution in [0.4, 0.5) is 4.39 Å². The van der Waals surface area contributed by atoms with Gasteiger partial charge in [-0.1, -0.05) is 43.2 Å². The van der Waals surface area contributed by atoms with Crippen molar-refractivity contribution in [2.75, 3.05) is 7.11 Å². The fourth-order valence-corrected chi connectivity index (χ4v) is 4.97. The number of ether oxygens (including phenoxy) is 1. The average molecular weight is 391 g/mol. The summed E-state index contributed by atoms with van der Waals surface area (Å²) in [5.41, 5.74) is 1.74. The van der Waals surface area contributed by atoms with Gasteiger partial charge < -0.3 is 4.74 Å². The number of unbranched alkanes of at least 4 members (excludes halogenated alkanes) is 1. The molecule has 0 amide bonds. The molecule has 3 heteroatoms. The molecule has 1 saturated carbocycles. The zero-order valence-corrected chi connectivity index (χ0v) is 17.4. The van der Waals surface area contributed by atoms with Gasteiger partial charge in [-0.3, -0.25) is 0 Å². The van der Waals surface area contributed by atoms with Crippen molar-refractivity contribution in [3.8, 4) is 5.75 Å². The van der Waals surface area contributed by atoms with Gasteiger partial charge in [-0.15, -0.1) is 0 Å². The van der Waals surface area contributed by atoms with Crippen molar-refractivity contribution in [2.45, 2.75) is 64.7 Å². The van der Waals surface area contributed by atoms with Gasteiger partial charge in [-0.25, -0.2) is 4.39 Å². The summed E-state index contributed by atoms with van der Waals surface area (Å²) >= 11 is 6.09. The fourth-order valence-electron chi connectivity index (χ4n) is 4.73. The Morgan fingerprint density at radius 2 is 1.93 bits per heavy atom. The Morgan fingerprint density at radius 3 is 2.56 bits per heavy atom. The van der Waals surface area contributed by atoms with E-state index in [1.54, 1.807) is 12.1 Å². The molecule has 1 aromatic rings. The van der Waals surface area contributed by atoms with Gasteiger partial charge in [-0.05, 0) is 86.8 Å². The molecule has 0 aromatic heterocycles. The summed E-state index contributed by atoms with van der Waals surface area (Å²) in [6, 6.07) is 3.57. The number of methoxy groups -OCH3 is 1. The molecule has 1 unspecified atom stereocenters. The highest BCUT2D eigenvalue weighted by molar-refractivity contribution is 6.32. The van der Waals surface area contributed by atoms with Gasteiger partial charge in [0.25, 0.3) is 0 Å². The molecule has 27 heavy (non-hydrogen) atoms. The Morgan fingerprint density at radius 1 is 1.15 bits per heavy atom. The lowest BCUT2D eigenvalue weighted by Gasteiger charge is -2.35. The van der Waals surface area contributed by atoms with Crippen LogP contribution in [0.2, 0.25) is 5.02 Å². The maximum Gasteiger partial charge on any atom is 0.153 e. The molecule has 0 spiro atoms. The Bertz CT molecular complexity index is 686. The number of rotatable bonds is 6. The molecule has 3 rings (SSSR count). The Balaban J connectivity index is 1.57. The van der Waals surface area contributed by atoms with Gasteiger partial charge in [0.1, 0.15) is 10.8 Å². The van der Waals surface area contributed by atoms with Gasteiger partial charge in [0.2, 0.25) is 0 Å². The van der Waals surface area contributed by atoms with Gasteiger partial charge in [-0.2, -0.15) is 0 Å². The molecule has 1 atom stereocenters. The molecular weight excluding hydrogens is 359 g/mol. The van der Waals surface area contributed by atoms with Crippen LogP contribution in [0.5, 0.6) is 5.75 Å². The normalized spacial score (nSPS) is 26.2. The zero-order valence-electron chi connectivity index (χ0n) is 16.6. The molecule has 0 N–H and O–H groups in total. The number of halogens is 2. The topological polar surface area (TPSA) is 9.23 Å². The molecule has 2 aliphatic carbocycles. The van der Waals surface area contributed by atoms with Crippen molar-refractivity contribution >= 4 is 17.2 Å². The minimum atomic E-state index is -0.347. The largest absolute Gasteiger partial charge is 0.495 e. The van der Waals surface area contributed by atoms with E-state index in [0.29, 0.717) is 11.3 Å². The zero-order chi connectivity index (χ0) is 19.2. The standard InChI is InChI=1S/C24H32ClFO/c1-3-4-5-6-17-7-9-18(10-8-17)19-11-13-20(14-12-19)21-15-16-22(27-2)23(25)24(21)26/h5-6,13,15-19H,3-4,7-12,14H2,1-2H3/b6-5+. The van der Waals surface area contributed by atoms with E-state index in [1.165, 1.54) is 45.6 Å². The lowest BCUT2D eigenvalue weighted by Crippen LogP contribution is -2.22. The molecule has 0 saturated heterocycles. The van der Waals surface area contributed by atoms with Crippen LogP contribution in [0, 0.1) is 23.6 Å². The predicted octanol–water partition coefficient (Wildman–Crippen LogP) is 7.83. The first kappa shape index (κ1) is 20.5. The quantitative estimate of drug-likeness (QED) is 0.449. The second kappa shape index (κ2) is 9.78. The van der Waals surface area contributed by atoms with Gasteiger partial charge >= 0.3 is 0 Å². The van der Waals surface area contributed by atoms with Gasteiger partial charge in [0.15, 0.2) is 5.82 Å². The van der Waals surface area contributed by atoms with Crippen LogP contribution in [0.25, 0.3) is 5.57 Å². The van der Waals surface area contributed by atoms with Crippen LogP contribution in [0.3, 0.4) is 0 Å². The first-order valence-corrected chi connectivity index (χ1v) is 10.9. The third kappa shape index (κ3) is 4.96. The summed E-state index contributed by atoms with van der Waals surface area (Å²) in [5, 5.41) is 0.0903. The second-order valence-electron chi connectivity index (χ2n) is 8.10. The highest BCUT2D eigenvalue weighted by atomic mass is 35.5. The smallest absolute Gasteiger partial charge is 0.153 e. The first-order valence-electron chi connectivity index (χ1n) is 10.5. The molecule has 2 aliphatic rings. The van der Waals surface area contributed by atoms with Crippen LogP contribution in [0.1, 0.15) is 70.3 Å². The van der Waals surface area contributed by atoms with E-state index in [4.69, 9.17) is 16.3 Å². The van der Waals surface area contributed by atoms with Crippen molar-refractivity contribution in [3.05, 3.63) is 46.8 Å². The monoisotopic (exact) mass is 390 g/mol. The molecular formula is C24H32ClFO. The van der Waals surface area contributed by atoms with E-state index in [1.807, 2.05) is 0 Å². The molecule has 0 radical (unpaired) electrons. The summed E-state index contributed by atoms with van der Waals surface area (Å²) in [4.78, 5) is 0. The van der Waals surface area contributed by atoms with Crippen molar-refractivity contribution in [1.82, 2.24) is 0 Å². The maximum atomic E-state index is 14.6.